The number of anilines is 1. The lowest BCUT2D eigenvalue weighted by molar-refractivity contribution is -0.115. The third kappa shape index (κ3) is 3.00. The molecule has 21 heavy (non-hydrogen) atoms. The van der Waals surface area contributed by atoms with Gasteiger partial charge in [-0.2, -0.15) is 0 Å². The van der Waals surface area contributed by atoms with Crippen LogP contribution in [0.3, 0.4) is 0 Å². The van der Waals surface area contributed by atoms with Gasteiger partial charge in [-0.15, -0.1) is 0 Å². The van der Waals surface area contributed by atoms with E-state index in [0.29, 0.717) is 12.0 Å². The van der Waals surface area contributed by atoms with E-state index in [-0.39, 0.29) is 11.5 Å². The van der Waals surface area contributed by atoms with Gasteiger partial charge >= 0.3 is 5.63 Å². The number of hydrogen-bond acceptors (Lipinski definition) is 3. The standard InChI is InChI=1S/C9H6O2.C8H7NO/c10-9-6-5-7-3-1-2-4-8(7)11-9;10-8-5-6-3-1-2-4-7(6)9-8/h1-6H;1-4H,5H2,(H,9,10). The Morgan fingerprint density at radius 1 is 0.857 bits per heavy atom. The monoisotopic (exact) mass is 279 g/mol. The van der Waals surface area contributed by atoms with Crippen molar-refractivity contribution in [2.45, 2.75) is 6.42 Å². The van der Waals surface area contributed by atoms with Gasteiger partial charge in [-0.05, 0) is 23.8 Å². The number of carbonyl (C=O) groups excluding carboxylic acids is 1. The van der Waals surface area contributed by atoms with Gasteiger partial charge in [0.2, 0.25) is 5.91 Å². The third-order valence-electron chi connectivity index (χ3n) is 3.17. The van der Waals surface area contributed by atoms with Gasteiger partial charge in [0.15, 0.2) is 0 Å². The maximum Gasteiger partial charge on any atom is 0.336 e. The molecule has 1 aromatic heterocycles. The Morgan fingerprint density at radius 2 is 1.62 bits per heavy atom. The first-order valence-electron chi connectivity index (χ1n) is 6.59. The predicted molar refractivity (Wildman–Crippen MR) is 81.3 cm³/mol. The summed E-state index contributed by atoms with van der Waals surface area (Å²) in [4.78, 5) is 21.5. The number of para-hydroxylation sites is 2. The van der Waals surface area contributed by atoms with Crippen molar-refractivity contribution in [2.75, 3.05) is 5.32 Å². The smallest absolute Gasteiger partial charge is 0.336 e. The molecule has 1 amide bonds. The number of nitrogens with one attached hydrogen (secondary N) is 1. The second kappa shape index (κ2) is 5.63. The molecule has 0 atom stereocenters. The average molecular weight is 279 g/mol. The van der Waals surface area contributed by atoms with Crippen molar-refractivity contribution in [2.24, 2.45) is 0 Å². The van der Waals surface area contributed by atoms with Gasteiger partial charge in [0.05, 0.1) is 6.42 Å². The molecule has 4 nitrogen and oxygen atoms in total. The van der Waals surface area contributed by atoms with Crippen LogP contribution in [0.1, 0.15) is 5.56 Å². The van der Waals surface area contributed by atoms with Crippen LogP contribution in [-0.2, 0) is 11.2 Å². The molecule has 4 heteroatoms. The molecule has 0 unspecified atom stereocenters. The molecule has 3 aromatic rings. The lowest BCUT2D eigenvalue weighted by Crippen LogP contribution is -2.03. The highest BCUT2D eigenvalue weighted by atomic mass is 16.4. The van der Waals surface area contributed by atoms with Crippen LogP contribution >= 0.6 is 0 Å². The lowest BCUT2D eigenvalue weighted by Gasteiger charge is -1.93. The summed E-state index contributed by atoms with van der Waals surface area (Å²) < 4.78 is 4.91. The Balaban J connectivity index is 0.000000126. The van der Waals surface area contributed by atoms with E-state index in [9.17, 15) is 9.59 Å². The first-order valence-corrected chi connectivity index (χ1v) is 6.59. The van der Waals surface area contributed by atoms with E-state index in [2.05, 4.69) is 5.32 Å². The molecule has 104 valence electrons. The third-order valence-corrected chi connectivity index (χ3v) is 3.17. The van der Waals surface area contributed by atoms with Crippen LogP contribution in [-0.4, -0.2) is 5.91 Å². The van der Waals surface area contributed by atoms with Crippen molar-refractivity contribution >= 4 is 22.6 Å². The highest BCUT2D eigenvalue weighted by Gasteiger charge is 2.15. The Hall–Kier alpha value is -2.88. The van der Waals surface area contributed by atoms with Gasteiger partial charge in [0, 0.05) is 17.1 Å². The quantitative estimate of drug-likeness (QED) is 0.644. The number of carbonyl (C=O) groups is 1. The number of benzene rings is 2. The second-order valence-corrected chi connectivity index (χ2v) is 4.67. The zero-order valence-corrected chi connectivity index (χ0v) is 11.2. The molecule has 2 aromatic carbocycles. The van der Waals surface area contributed by atoms with E-state index >= 15 is 0 Å². The first-order chi connectivity index (χ1) is 10.2. The van der Waals surface area contributed by atoms with Crippen molar-refractivity contribution in [3.8, 4) is 0 Å². The Bertz CT molecular complexity index is 825. The van der Waals surface area contributed by atoms with E-state index < -0.39 is 0 Å². The molecule has 0 saturated heterocycles. The van der Waals surface area contributed by atoms with E-state index in [1.165, 1.54) is 6.07 Å². The van der Waals surface area contributed by atoms with Crippen LogP contribution < -0.4 is 10.9 Å². The normalized spacial score (nSPS) is 12.3. The van der Waals surface area contributed by atoms with E-state index in [1.807, 2.05) is 42.5 Å². The van der Waals surface area contributed by atoms with E-state index in [0.717, 1.165) is 16.6 Å². The van der Waals surface area contributed by atoms with Crippen LogP contribution in [0.2, 0.25) is 0 Å². The molecular formula is C17H13NO3. The van der Waals surface area contributed by atoms with E-state index in [4.69, 9.17) is 4.42 Å². The van der Waals surface area contributed by atoms with Crippen LogP contribution in [0, 0.1) is 0 Å². The van der Waals surface area contributed by atoms with Crippen LogP contribution in [0.25, 0.3) is 11.0 Å². The number of hydrogen-bond donors (Lipinski definition) is 1. The molecule has 2 heterocycles. The van der Waals surface area contributed by atoms with Crippen LogP contribution in [0.15, 0.2) is 69.9 Å². The summed E-state index contributed by atoms with van der Waals surface area (Å²) in [6, 6.07) is 18.3. The summed E-state index contributed by atoms with van der Waals surface area (Å²) in [7, 11) is 0. The Labute approximate surface area is 121 Å². The summed E-state index contributed by atoms with van der Waals surface area (Å²) in [6.07, 6.45) is 0.538. The summed E-state index contributed by atoms with van der Waals surface area (Å²) in [5, 5.41) is 3.71. The topological polar surface area (TPSA) is 59.3 Å². The van der Waals surface area contributed by atoms with Gasteiger partial charge in [0.1, 0.15) is 5.58 Å². The zero-order chi connectivity index (χ0) is 14.7. The zero-order valence-electron chi connectivity index (χ0n) is 11.2. The molecule has 1 aliphatic heterocycles. The first kappa shape index (κ1) is 13.1. The molecule has 0 radical (unpaired) electrons. The number of amides is 1. The fourth-order valence-corrected chi connectivity index (χ4v) is 2.18. The number of fused-ring (bicyclic) bond motifs is 2. The highest BCUT2D eigenvalue weighted by Crippen LogP contribution is 2.21. The Morgan fingerprint density at radius 3 is 2.48 bits per heavy atom. The minimum absolute atomic E-state index is 0.0983. The maximum atomic E-state index is 10.8. The fraction of sp³-hybridized carbons (Fsp3) is 0.0588. The SMILES string of the molecule is O=C1Cc2ccccc2N1.O=c1ccc2ccccc2o1. The largest absolute Gasteiger partial charge is 0.423 e. The lowest BCUT2D eigenvalue weighted by atomic mass is 10.2. The summed E-state index contributed by atoms with van der Waals surface area (Å²) >= 11 is 0. The second-order valence-electron chi connectivity index (χ2n) is 4.67. The van der Waals surface area contributed by atoms with Gasteiger partial charge in [-0.1, -0.05) is 36.4 Å². The summed E-state index contributed by atoms with van der Waals surface area (Å²) in [6.45, 7) is 0. The van der Waals surface area contributed by atoms with Crippen LogP contribution in [0.5, 0.6) is 0 Å². The highest BCUT2D eigenvalue weighted by molar-refractivity contribution is 5.98. The number of rotatable bonds is 0. The van der Waals surface area contributed by atoms with Crippen molar-refractivity contribution in [1.29, 1.82) is 0 Å². The molecule has 0 aliphatic carbocycles. The molecule has 4 rings (SSSR count). The van der Waals surface area contributed by atoms with Gasteiger partial charge in [0.25, 0.3) is 0 Å². The van der Waals surface area contributed by atoms with E-state index in [1.54, 1.807) is 12.1 Å². The molecule has 1 N–H and O–H groups in total. The van der Waals surface area contributed by atoms with Crippen molar-refractivity contribution in [3.05, 3.63) is 76.6 Å². The fourth-order valence-electron chi connectivity index (χ4n) is 2.18. The minimum Gasteiger partial charge on any atom is -0.423 e. The van der Waals surface area contributed by atoms with Crippen molar-refractivity contribution in [3.63, 3.8) is 0 Å². The average Bonchev–Trinajstić information content (AvgIpc) is 2.88. The van der Waals surface area contributed by atoms with Crippen LogP contribution in [0.4, 0.5) is 5.69 Å². The summed E-state index contributed by atoms with van der Waals surface area (Å²) in [5.74, 6) is 0.0983. The molecule has 1 aliphatic rings. The maximum absolute atomic E-state index is 10.8. The molecule has 0 saturated carbocycles. The van der Waals surface area contributed by atoms with Gasteiger partial charge in [-0.25, -0.2) is 4.79 Å². The Kier molecular flexibility index (Phi) is 3.51. The van der Waals surface area contributed by atoms with Gasteiger partial charge in [-0.3, -0.25) is 4.79 Å². The van der Waals surface area contributed by atoms with Crippen molar-refractivity contribution in [1.82, 2.24) is 0 Å². The van der Waals surface area contributed by atoms with Gasteiger partial charge < -0.3 is 9.73 Å². The molecule has 0 bridgehead atoms. The molecular weight excluding hydrogens is 266 g/mol. The molecule has 0 fully saturated rings. The molecule has 0 spiro atoms. The predicted octanol–water partition coefficient (Wildman–Crippen LogP) is 2.97. The van der Waals surface area contributed by atoms with Crippen molar-refractivity contribution < 1.29 is 9.21 Å². The summed E-state index contributed by atoms with van der Waals surface area (Å²) in [5.41, 5.74) is 2.41. The minimum atomic E-state index is -0.302.